The molecule has 3 aromatic rings. The highest BCUT2D eigenvalue weighted by Crippen LogP contribution is 2.24. The molecule has 0 bridgehead atoms. The van der Waals surface area contributed by atoms with Gasteiger partial charge in [-0.05, 0) is 12.1 Å². The molecule has 0 saturated carbocycles. The lowest BCUT2D eigenvalue weighted by atomic mass is 10.2. The van der Waals surface area contributed by atoms with Crippen LogP contribution in [-0.2, 0) is 9.59 Å². The molecule has 0 aliphatic heterocycles. The second-order valence-electron chi connectivity index (χ2n) is 4.23. The molecular weight excluding hydrogens is 270 g/mol. The summed E-state index contributed by atoms with van der Waals surface area (Å²) in [6.07, 6.45) is 1.12. The van der Waals surface area contributed by atoms with Crippen LogP contribution in [-0.4, -0.2) is 27.1 Å². The number of para-hydroxylation sites is 2. The van der Waals surface area contributed by atoms with Crippen LogP contribution in [0.25, 0.3) is 21.8 Å². The number of aromatic nitrogens is 1. The molecule has 0 amide bonds. The summed E-state index contributed by atoms with van der Waals surface area (Å²) >= 11 is 0. The van der Waals surface area contributed by atoms with Gasteiger partial charge in [0, 0.05) is 34.0 Å². The van der Waals surface area contributed by atoms with E-state index in [4.69, 9.17) is 10.2 Å². The number of carboxylic acid groups (broad SMARTS) is 2. The maximum absolute atomic E-state index is 9.55. The van der Waals surface area contributed by atoms with Crippen molar-refractivity contribution < 1.29 is 19.8 Å². The molecule has 5 heteroatoms. The number of aromatic amines is 1. The Morgan fingerprint density at radius 1 is 0.762 bits per heavy atom. The summed E-state index contributed by atoms with van der Waals surface area (Å²) < 4.78 is 0. The van der Waals surface area contributed by atoms with Crippen LogP contribution in [0, 0.1) is 0 Å². The Morgan fingerprint density at radius 3 is 1.52 bits per heavy atom. The molecular formula is C16H13NO4. The second-order valence-corrected chi connectivity index (χ2v) is 4.23. The normalized spacial score (nSPS) is 10.5. The third-order valence-electron chi connectivity index (χ3n) is 2.78. The van der Waals surface area contributed by atoms with E-state index in [1.54, 1.807) is 0 Å². The number of carboxylic acids is 2. The zero-order chi connectivity index (χ0) is 15.2. The fourth-order valence-electron chi connectivity index (χ4n) is 1.94. The summed E-state index contributed by atoms with van der Waals surface area (Å²) in [5, 5.41) is 18.2. The predicted octanol–water partition coefficient (Wildman–Crippen LogP) is 3.03. The molecule has 2 aromatic carbocycles. The highest BCUT2D eigenvalue weighted by atomic mass is 16.4. The minimum atomic E-state index is -1.26. The van der Waals surface area contributed by atoms with Crippen molar-refractivity contribution in [3.8, 4) is 0 Å². The van der Waals surface area contributed by atoms with E-state index in [2.05, 4.69) is 53.5 Å². The summed E-state index contributed by atoms with van der Waals surface area (Å²) in [7, 11) is 0. The van der Waals surface area contributed by atoms with E-state index in [-0.39, 0.29) is 0 Å². The molecule has 5 nitrogen and oxygen atoms in total. The SMILES string of the molecule is O=C(O)C=CC(=O)O.c1ccc2c(c1)[nH]c1ccccc12. The van der Waals surface area contributed by atoms with Crippen molar-refractivity contribution in [2.45, 2.75) is 0 Å². The van der Waals surface area contributed by atoms with Crippen LogP contribution in [0.1, 0.15) is 0 Å². The molecule has 0 atom stereocenters. The van der Waals surface area contributed by atoms with Gasteiger partial charge in [-0.15, -0.1) is 0 Å². The molecule has 106 valence electrons. The number of hydrogen-bond donors (Lipinski definition) is 3. The van der Waals surface area contributed by atoms with Gasteiger partial charge in [-0.3, -0.25) is 0 Å². The molecule has 0 unspecified atom stereocenters. The monoisotopic (exact) mass is 283 g/mol. The largest absolute Gasteiger partial charge is 0.478 e. The van der Waals surface area contributed by atoms with Crippen molar-refractivity contribution >= 4 is 33.7 Å². The van der Waals surface area contributed by atoms with Crippen LogP contribution < -0.4 is 0 Å². The molecule has 0 radical (unpaired) electrons. The van der Waals surface area contributed by atoms with Gasteiger partial charge in [-0.1, -0.05) is 36.4 Å². The van der Waals surface area contributed by atoms with Crippen LogP contribution >= 0.6 is 0 Å². The molecule has 0 fully saturated rings. The average Bonchev–Trinajstić information content (AvgIpc) is 2.84. The summed E-state index contributed by atoms with van der Waals surface area (Å²) in [5.41, 5.74) is 2.42. The first kappa shape index (κ1) is 14.3. The third-order valence-corrected chi connectivity index (χ3v) is 2.78. The lowest BCUT2D eigenvalue weighted by Crippen LogP contribution is -1.91. The van der Waals surface area contributed by atoms with Gasteiger partial charge in [0.15, 0.2) is 0 Å². The van der Waals surface area contributed by atoms with Crippen LogP contribution in [0.15, 0.2) is 60.7 Å². The van der Waals surface area contributed by atoms with Crippen molar-refractivity contribution in [3.05, 3.63) is 60.7 Å². The Bertz CT molecular complexity index is 751. The number of H-pyrrole nitrogens is 1. The van der Waals surface area contributed by atoms with Crippen molar-refractivity contribution in [3.63, 3.8) is 0 Å². The first-order chi connectivity index (χ1) is 10.1. The van der Waals surface area contributed by atoms with Crippen molar-refractivity contribution in [2.24, 2.45) is 0 Å². The summed E-state index contributed by atoms with van der Waals surface area (Å²) in [4.78, 5) is 22.5. The topological polar surface area (TPSA) is 90.4 Å². The van der Waals surface area contributed by atoms with Gasteiger partial charge in [-0.25, -0.2) is 9.59 Å². The molecule has 21 heavy (non-hydrogen) atoms. The lowest BCUT2D eigenvalue weighted by molar-refractivity contribution is -0.134. The van der Waals surface area contributed by atoms with Crippen molar-refractivity contribution in [2.75, 3.05) is 0 Å². The Labute approximate surface area is 120 Å². The molecule has 3 N–H and O–H groups in total. The Kier molecular flexibility index (Phi) is 4.36. The van der Waals surface area contributed by atoms with E-state index < -0.39 is 11.9 Å². The van der Waals surface area contributed by atoms with Crippen molar-refractivity contribution in [1.29, 1.82) is 0 Å². The average molecular weight is 283 g/mol. The van der Waals surface area contributed by atoms with Gasteiger partial charge < -0.3 is 15.2 Å². The standard InChI is InChI=1S/C12H9N.C4H4O4/c1-3-7-11-9(5-1)10-6-2-4-8-12(10)13-11;5-3(6)1-2-4(7)8/h1-8,13H;1-2H,(H,5,6)(H,7,8). The lowest BCUT2D eigenvalue weighted by Gasteiger charge is -1.87. The fraction of sp³-hybridized carbons (Fsp3) is 0. The molecule has 0 aliphatic carbocycles. The number of aliphatic carboxylic acids is 2. The zero-order valence-electron chi connectivity index (χ0n) is 11.0. The molecule has 1 heterocycles. The first-order valence-corrected chi connectivity index (χ1v) is 6.17. The maximum Gasteiger partial charge on any atom is 0.328 e. The number of nitrogens with one attached hydrogen (secondary N) is 1. The molecule has 0 saturated heterocycles. The number of fused-ring (bicyclic) bond motifs is 3. The number of carbonyl (C=O) groups is 2. The molecule has 0 aliphatic rings. The molecule has 3 rings (SSSR count). The third kappa shape index (κ3) is 3.70. The van der Waals surface area contributed by atoms with Gasteiger partial charge in [-0.2, -0.15) is 0 Å². The number of hydrogen-bond acceptors (Lipinski definition) is 2. The number of rotatable bonds is 2. The number of benzene rings is 2. The molecule has 0 spiro atoms. The Morgan fingerprint density at radius 2 is 1.14 bits per heavy atom. The minimum absolute atomic E-state index is 0.558. The van der Waals surface area contributed by atoms with Gasteiger partial charge in [0.2, 0.25) is 0 Å². The van der Waals surface area contributed by atoms with Crippen LogP contribution in [0.4, 0.5) is 0 Å². The molecule has 1 aromatic heterocycles. The van der Waals surface area contributed by atoms with Gasteiger partial charge in [0.25, 0.3) is 0 Å². The van der Waals surface area contributed by atoms with E-state index in [0.717, 1.165) is 0 Å². The van der Waals surface area contributed by atoms with E-state index >= 15 is 0 Å². The van der Waals surface area contributed by atoms with E-state index in [1.165, 1.54) is 21.8 Å². The van der Waals surface area contributed by atoms with Gasteiger partial charge >= 0.3 is 11.9 Å². The zero-order valence-corrected chi connectivity index (χ0v) is 11.0. The van der Waals surface area contributed by atoms with Gasteiger partial charge in [0.1, 0.15) is 0 Å². The minimum Gasteiger partial charge on any atom is -0.478 e. The fourth-order valence-corrected chi connectivity index (χ4v) is 1.94. The van der Waals surface area contributed by atoms with Crippen LogP contribution in [0.5, 0.6) is 0 Å². The Hall–Kier alpha value is -3.08. The Balaban J connectivity index is 0.000000177. The second kappa shape index (κ2) is 6.38. The van der Waals surface area contributed by atoms with E-state index in [0.29, 0.717) is 12.2 Å². The van der Waals surface area contributed by atoms with Crippen molar-refractivity contribution in [1.82, 2.24) is 4.98 Å². The summed E-state index contributed by atoms with van der Waals surface area (Å²) in [6, 6.07) is 16.8. The van der Waals surface area contributed by atoms with Gasteiger partial charge in [0.05, 0.1) is 0 Å². The first-order valence-electron chi connectivity index (χ1n) is 6.17. The summed E-state index contributed by atoms with van der Waals surface area (Å²) in [6.45, 7) is 0. The quantitative estimate of drug-likeness (QED) is 0.630. The summed E-state index contributed by atoms with van der Waals surface area (Å²) in [5.74, 6) is -2.51. The highest BCUT2D eigenvalue weighted by molar-refractivity contribution is 6.06. The van der Waals surface area contributed by atoms with Crippen LogP contribution in [0.3, 0.4) is 0 Å². The smallest absolute Gasteiger partial charge is 0.328 e. The van der Waals surface area contributed by atoms with E-state index in [9.17, 15) is 9.59 Å². The maximum atomic E-state index is 9.55. The van der Waals surface area contributed by atoms with E-state index in [1.807, 2.05) is 0 Å². The van der Waals surface area contributed by atoms with Crippen LogP contribution in [0.2, 0.25) is 0 Å². The highest BCUT2D eigenvalue weighted by Gasteiger charge is 2.00. The predicted molar refractivity (Wildman–Crippen MR) is 80.2 cm³/mol.